The van der Waals surface area contributed by atoms with Crippen LogP contribution in [0.5, 0.6) is 0 Å². The summed E-state index contributed by atoms with van der Waals surface area (Å²) in [5.74, 6) is -1.07. The van der Waals surface area contributed by atoms with Crippen LogP contribution in [0.1, 0.15) is 134 Å². The Balaban J connectivity index is 0.000000187. The lowest BCUT2D eigenvalue weighted by molar-refractivity contribution is -0.143. The normalized spacial score (nSPS) is 20.3. The van der Waals surface area contributed by atoms with Crippen molar-refractivity contribution in [3.8, 4) is 0 Å². The predicted octanol–water partition coefficient (Wildman–Crippen LogP) is 8.59. The van der Waals surface area contributed by atoms with E-state index in [2.05, 4.69) is 5.10 Å². The lowest BCUT2D eigenvalue weighted by Gasteiger charge is -2.26. The number of ether oxygens (including phenoxy) is 1. The number of rotatable bonds is 13. The molecule has 1 N–H and O–H groups in total. The number of esters is 1. The molecule has 2 aromatic carbocycles. The lowest BCUT2D eigenvalue weighted by atomic mass is 9.83. The molecule has 14 nitrogen and oxygen atoms in total. The molecule has 0 saturated heterocycles. The zero-order valence-corrected chi connectivity index (χ0v) is 36.2. The molecule has 4 fully saturated rings. The molecule has 8 rings (SSSR count). The molecule has 2 aliphatic heterocycles. The third kappa shape index (κ3) is 10.6. The molecule has 6 aliphatic rings. The van der Waals surface area contributed by atoms with Gasteiger partial charge in [0.25, 0.3) is 0 Å². The molecule has 62 heavy (non-hydrogen) atoms. The molecule has 0 spiro atoms. The minimum atomic E-state index is -1.12. The van der Waals surface area contributed by atoms with Gasteiger partial charge in [-0.3, -0.25) is 29.0 Å². The van der Waals surface area contributed by atoms with E-state index >= 15 is 0 Å². The highest BCUT2D eigenvalue weighted by molar-refractivity contribution is 6.14. The number of hydrogen-bond acceptors (Lipinski definition) is 9. The number of anilines is 2. The highest BCUT2D eigenvalue weighted by atomic mass is 16.5. The SMILES string of the molecule is CCOC(=O)CN1N=C(C2CCCCC2)c2ccccc2N(CC(=O)C2CCCC2)C1=O.O=C(O)CN1N=C(C2CCCCC2)c2ccccc2N(CC(=O)C2CCCC2)C1=O. The molecule has 0 atom stereocenters. The quantitative estimate of drug-likeness (QED) is 0.196. The van der Waals surface area contributed by atoms with Crippen molar-refractivity contribution in [1.82, 2.24) is 10.0 Å². The van der Waals surface area contributed by atoms with E-state index in [0.717, 1.165) is 130 Å². The van der Waals surface area contributed by atoms with Crippen molar-refractivity contribution in [2.45, 2.75) is 122 Å². The predicted molar refractivity (Wildman–Crippen MR) is 236 cm³/mol. The van der Waals surface area contributed by atoms with Gasteiger partial charge < -0.3 is 9.84 Å². The van der Waals surface area contributed by atoms with Gasteiger partial charge >= 0.3 is 24.0 Å². The van der Waals surface area contributed by atoms with E-state index in [1.807, 2.05) is 48.5 Å². The number of aliphatic carboxylic acids is 1. The van der Waals surface area contributed by atoms with Gasteiger partial charge in [-0.1, -0.05) is 101 Å². The van der Waals surface area contributed by atoms with Crippen molar-refractivity contribution in [1.29, 1.82) is 0 Å². The van der Waals surface area contributed by atoms with Crippen LogP contribution in [-0.2, 0) is 23.9 Å². The van der Waals surface area contributed by atoms with E-state index < -0.39 is 30.5 Å². The number of Topliss-reactive ketones (excluding diaryl/α,β-unsaturated/α-hetero) is 2. The fourth-order valence-corrected chi connectivity index (χ4v) is 10.2. The summed E-state index contributed by atoms with van der Waals surface area (Å²) in [5.41, 5.74) is 4.71. The summed E-state index contributed by atoms with van der Waals surface area (Å²) in [6, 6.07) is 14.3. The first-order valence-corrected chi connectivity index (χ1v) is 23.1. The van der Waals surface area contributed by atoms with Gasteiger partial charge in [0, 0.05) is 34.8 Å². The molecule has 0 unspecified atom stereocenters. The number of carbonyl (C=O) groups is 6. The number of amides is 4. The van der Waals surface area contributed by atoms with E-state index in [0.29, 0.717) is 11.4 Å². The standard InChI is InChI=1S/C25H33N3O4.C23H29N3O4/c1-2-32-23(30)17-28-25(31)27(16-22(29)18-10-6-7-11-18)21-15-9-8-14-20(21)24(26-28)19-12-4-3-5-13-19;27-20(16-8-4-5-9-16)14-25-19-13-7-6-12-18(19)22(17-10-2-1-3-11-17)24-26(23(25)30)15-21(28)29/h8-9,14-15,18-19H,2-7,10-13,16-17H2,1H3;6-7,12-13,16-17H,1-5,8-11,14-15H2,(H,28,29). The summed E-state index contributed by atoms with van der Waals surface area (Å²) in [5, 5.41) is 21.0. The first-order valence-electron chi connectivity index (χ1n) is 23.1. The molecule has 332 valence electrons. The van der Waals surface area contributed by atoms with Crippen LogP contribution in [0.2, 0.25) is 0 Å². The number of benzene rings is 2. The van der Waals surface area contributed by atoms with Gasteiger partial charge in [-0.2, -0.15) is 10.2 Å². The maximum absolute atomic E-state index is 13.6. The summed E-state index contributed by atoms with van der Waals surface area (Å²) >= 11 is 0. The molecule has 0 radical (unpaired) electrons. The minimum Gasteiger partial charge on any atom is -0.480 e. The smallest absolute Gasteiger partial charge is 0.345 e. The lowest BCUT2D eigenvalue weighted by Crippen LogP contribution is -2.45. The maximum Gasteiger partial charge on any atom is 0.345 e. The zero-order valence-electron chi connectivity index (χ0n) is 36.2. The van der Waals surface area contributed by atoms with Gasteiger partial charge in [-0.05, 0) is 70.4 Å². The fraction of sp³-hybridized carbons (Fsp3) is 0.583. The third-order valence-corrected chi connectivity index (χ3v) is 13.4. The van der Waals surface area contributed by atoms with Gasteiger partial charge in [-0.25, -0.2) is 19.6 Å². The molecule has 4 aliphatic carbocycles. The highest BCUT2D eigenvalue weighted by Crippen LogP contribution is 2.37. The number of hydrogen-bond donors (Lipinski definition) is 1. The van der Waals surface area contributed by atoms with Gasteiger partial charge in [0.05, 0.1) is 42.5 Å². The summed E-state index contributed by atoms with van der Waals surface area (Å²) in [6.45, 7) is 1.17. The van der Waals surface area contributed by atoms with Crippen LogP contribution < -0.4 is 9.80 Å². The number of fused-ring (bicyclic) bond motifs is 2. The number of hydrazone groups is 2. The number of para-hydroxylation sites is 2. The van der Waals surface area contributed by atoms with E-state index in [1.165, 1.54) is 27.7 Å². The molecule has 4 saturated carbocycles. The summed E-state index contributed by atoms with van der Waals surface area (Å²) < 4.78 is 5.10. The largest absolute Gasteiger partial charge is 0.480 e. The van der Waals surface area contributed by atoms with E-state index in [4.69, 9.17) is 9.84 Å². The topological polar surface area (TPSA) is 170 Å². The van der Waals surface area contributed by atoms with Crippen molar-refractivity contribution in [2.75, 3.05) is 42.6 Å². The minimum absolute atomic E-state index is 0.00725. The van der Waals surface area contributed by atoms with Gasteiger partial charge in [0.2, 0.25) is 0 Å². The second-order valence-electron chi connectivity index (χ2n) is 17.6. The molecule has 0 bridgehead atoms. The van der Waals surface area contributed by atoms with E-state index in [1.54, 1.807) is 6.92 Å². The number of ketones is 2. The summed E-state index contributed by atoms with van der Waals surface area (Å²) in [7, 11) is 0. The average Bonchev–Trinajstić information content (AvgIpc) is 4.02. The van der Waals surface area contributed by atoms with Crippen molar-refractivity contribution in [3.63, 3.8) is 0 Å². The van der Waals surface area contributed by atoms with Crippen LogP contribution in [0.4, 0.5) is 21.0 Å². The van der Waals surface area contributed by atoms with Crippen LogP contribution in [0.25, 0.3) is 0 Å². The number of carboxylic acid groups (broad SMARTS) is 1. The number of carboxylic acids is 1. The second-order valence-corrected chi connectivity index (χ2v) is 17.6. The van der Waals surface area contributed by atoms with E-state index in [9.17, 15) is 33.9 Å². The molecule has 2 heterocycles. The Morgan fingerprint density at radius 1 is 0.565 bits per heavy atom. The third-order valence-electron chi connectivity index (χ3n) is 13.4. The summed E-state index contributed by atoms with van der Waals surface area (Å²) in [6.07, 6.45) is 18.5. The first-order chi connectivity index (χ1) is 30.1. The maximum atomic E-state index is 13.6. The van der Waals surface area contributed by atoms with Gasteiger partial charge in [-0.15, -0.1) is 0 Å². The van der Waals surface area contributed by atoms with Crippen molar-refractivity contribution >= 4 is 58.4 Å². The molecule has 0 aromatic heterocycles. The first kappa shape index (κ1) is 44.6. The fourth-order valence-electron chi connectivity index (χ4n) is 10.2. The van der Waals surface area contributed by atoms with E-state index in [-0.39, 0.29) is 61.5 Å². The highest BCUT2D eigenvalue weighted by Gasteiger charge is 2.38. The van der Waals surface area contributed by atoms with Gasteiger partial charge in [0.15, 0.2) is 11.6 Å². The zero-order chi connectivity index (χ0) is 43.6. The number of nitrogens with zero attached hydrogens (tertiary/aromatic N) is 6. The Bertz CT molecular complexity index is 2030. The van der Waals surface area contributed by atoms with Crippen molar-refractivity contribution in [2.24, 2.45) is 33.9 Å². The van der Waals surface area contributed by atoms with Crippen molar-refractivity contribution in [3.05, 3.63) is 59.7 Å². The molecule has 2 aromatic rings. The Hall–Kier alpha value is -5.40. The van der Waals surface area contributed by atoms with Crippen LogP contribution in [0, 0.1) is 23.7 Å². The van der Waals surface area contributed by atoms with Crippen LogP contribution in [-0.4, -0.2) is 94.9 Å². The Morgan fingerprint density at radius 2 is 0.952 bits per heavy atom. The average molecular weight is 851 g/mol. The number of carbonyl (C=O) groups excluding carboxylic acids is 5. The molecular weight excluding hydrogens is 789 g/mol. The summed E-state index contributed by atoms with van der Waals surface area (Å²) in [4.78, 5) is 79.7. The molecule has 14 heteroatoms. The Labute approximate surface area is 364 Å². The monoisotopic (exact) mass is 850 g/mol. The number of urea groups is 2. The van der Waals surface area contributed by atoms with Crippen LogP contribution in [0.15, 0.2) is 58.7 Å². The Morgan fingerprint density at radius 3 is 1.35 bits per heavy atom. The molecule has 4 amide bonds. The van der Waals surface area contributed by atoms with Crippen LogP contribution in [0.3, 0.4) is 0 Å². The van der Waals surface area contributed by atoms with Crippen LogP contribution >= 0.6 is 0 Å². The molecular formula is C48H62N6O8. The second kappa shape index (κ2) is 21.1. The Kier molecular flexibility index (Phi) is 15.2. The van der Waals surface area contributed by atoms with Gasteiger partial charge in [0.1, 0.15) is 13.1 Å². The van der Waals surface area contributed by atoms with Crippen molar-refractivity contribution < 1.29 is 38.6 Å².